The zero-order valence-corrected chi connectivity index (χ0v) is 17.2. The molecule has 0 N–H and O–H groups in total. The zero-order valence-electron chi connectivity index (χ0n) is 17.2. The summed E-state index contributed by atoms with van der Waals surface area (Å²) < 4.78 is 49.7. The fraction of sp³-hybridized carbons (Fsp3) is 0.227. The van der Waals surface area contributed by atoms with Crippen molar-refractivity contribution in [1.82, 2.24) is 0 Å². The average molecular weight is 448 g/mol. The summed E-state index contributed by atoms with van der Waals surface area (Å²) in [4.78, 5) is 22.4. The van der Waals surface area contributed by atoms with E-state index in [2.05, 4.69) is 10.3 Å². The number of esters is 1. The van der Waals surface area contributed by atoms with Gasteiger partial charge in [0.25, 0.3) is 5.90 Å². The van der Waals surface area contributed by atoms with Gasteiger partial charge in [-0.15, -0.1) is 0 Å². The molecule has 0 amide bonds. The van der Waals surface area contributed by atoms with Gasteiger partial charge in [0.2, 0.25) is 0 Å². The van der Waals surface area contributed by atoms with Gasteiger partial charge in [-0.3, -0.25) is 0 Å². The first-order valence-corrected chi connectivity index (χ1v) is 9.41. The van der Waals surface area contributed by atoms with E-state index in [0.29, 0.717) is 11.1 Å². The molecule has 0 atom stereocenters. The van der Waals surface area contributed by atoms with E-state index in [1.807, 2.05) is 0 Å². The SMILES string of the molecule is CO/N=C(/C1=NOCCO1)c1ccccc1OC(=O)/C=C(\C)c1cccc(C(F)(F)F)c1. The Labute approximate surface area is 181 Å². The van der Waals surface area contributed by atoms with Crippen LogP contribution >= 0.6 is 0 Å². The van der Waals surface area contributed by atoms with E-state index >= 15 is 0 Å². The lowest BCUT2D eigenvalue weighted by Gasteiger charge is -2.16. The fourth-order valence-electron chi connectivity index (χ4n) is 2.80. The van der Waals surface area contributed by atoms with Gasteiger partial charge in [0.1, 0.15) is 19.5 Å². The first kappa shape index (κ1) is 22.9. The third-order valence-corrected chi connectivity index (χ3v) is 4.28. The van der Waals surface area contributed by atoms with Crippen LogP contribution in [0.1, 0.15) is 23.6 Å². The van der Waals surface area contributed by atoms with Crippen LogP contribution in [-0.2, 0) is 25.4 Å². The quantitative estimate of drug-likeness (QED) is 0.215. The van der Waals surface area contributed by atoms with Gasteiger partial charge in [-0.1, -0.05) is 29.4 Å². The van der Waals surface area contributed by atoms with E-state index in [1.165, 1.54) is 32.2 Å². The van der Waals surface area contributed by atoms with Crippen molar-refractivity contribution in [2.75, 3.05) is 20.3 Å². The minimum absolute atomic E-state index is 0.0530. The first-order chi connectivity index (χ1) is 15.3. The Kier molecular flexibility index (Phi) is 7.14. The molecule has 0 spiro atoms. The standard InChI is InChI=1S/C22H19F3N2O5/c1-14(15-6-5-7-16(13-15)22(23,24)25)12-19(28)32-18-9-4-3-8-17(18)20(26-29-2)21-27-31-11-10-30-21/h3-9,12-13H,10-11H2,1-2H3/b14-12+,26-20+. The van der Waals surface area contributed by atoms with Gasteiger partial charge in [0, 0.05) is 6.08 Å². The Hall–Kier alpha value is -3.82. The maximum absolute atomic E-state index is 13.0. The van der Waals surface area contributed by atoms with Gasteiger partial charge >= 0.3 is 12.1 Å². The topological polar surface area (TPSA) is 78.7 Å². The Morgan fingerprint density at radius 1 is 1.16 bits per heavy atom. The van der Waals surface area contributed by atoms with Gasteiger partial charge in [-0.05, 0) is 47.5 Å². The summed E-state index contributed by atoms with van der Waals surface area (Å²) in [6.45, 7) is 2.05. The number of alkyl halides is 3. The molecule has 32 heavy (non-hydrogen) atoms. The smallest absolute Gasteiger partial charge is 0.416 e. The van der Waals surface area contributed by atoms with Crippen LogP contribution in [0.25, 0.3) is 5.57 Å². The van der Waals surface area contributed by atoms with Crippen molar-refractivity contribution in [3.63, 3.8) is 0 Å². The molecule has 0 fully saturated rings. The van der Waals surface area contributed by atoms with E-state index < -0.39 is 17.7 Å². The molecule has 0 radical (unpaired) electrons. The fourth-order valence-corrected chi connectivity index (χ4v) is 2.80. The van der Waals surface area contributed by atoms with Crippen LogP contribution in [0.5, 0.6) is 5.75 Å². The van der Waals surface area contributed by atoms with Gasteiger partial charge in [0.15, 0.2) is 12.3 Å². The molecule has 3 rings (SSSR count). The molecule has 10 heteroatoms. The van der Waals surface area contributed by atoms with Crippen molar-refractivity contribution in [3.8, 4) is 5.75 Å². The number of halogens is 3. The molecule has 2 aromatic carbocycles. The third kappa shape index (κ3) is 5.65. The number of allylic oxidation sites excluding steroid dienone is 1. The molecule has 0 aliphatic carbocycles. The van der Waals surface area contributed by atoms with Crippen LogP contribution in [0.3, 0.4) is 0 Å². The van der Waals surface area contributed by atoms with E-state index in [9.17, 15) is 18.0 Å². The van der Waals surface area contributed by atoms with Gasteiger partial charge in [-0.2, -0.15) is 13.2 Å². The predicted octanol–water partition coefficient (Wildman–Crippen LogP) is 4.43. The minimum Gasteiger partial charge on any atom is -0.470 e. The van der Waals surface area contributed by atoms with Crippen molar-refractivity contribution in [2.45, 2.75) is 13.1 Å². The highest BCUT2D eigenvalue weighted by Crippen LogP contribution is 2.31. The van der Waals surface area contributed by atoms with E-state index in [0.717, 1.165) is 18.2 Å². The normalized spacial score (nSPS) is 14.7. The summed E-state index contributed by atoms with van der Waals surface area (Å²) in [5.41, 5.74) is 0.232. The molecule has 0 aromatic heterocycles. The zero-order chi connectivity index (χ0) is 23.1. The monoisotopic (exact) mass is 448 g/mol. The second-order valence-corrected chi connectivity index (χ2v) is 6.52. The van der Waals surface area contributed by atoms with Crippen molar-refractivity contribution >= 4 is 23.2 Å². The van der Waals surface area contributed by atoms with Crippen LogP contribution in [0.15, 0.2) is 64.9 Å². The lowest BCUT2D eigenvalue weighted by atomic mass is 10.0. The highest BCUT2D eigenvalue weighted by Gasteiger charge is 2.30. The number of carbonyl (C=O) groups excluding carboxylic acids is 1. The number of para-hydroxylation sites is 1. The van der Waals surface area contributed by atoms with Crippen LogP contribution < -0.4 is 4.74 Å². The molecule has 1 aliphatic rings. The molecule has 1 aliphatic heterocycles. The second kappa shape index (κ2) is 9.99. The lowest BCUT2D eigenvalue weighted by Crippen LogP contribution is -2.26. The lowest BCUT2D eigenvalue weighted by molar-refractivity contribution is -0.137. The maximum atomic E-state index is 13.0. The molecule has 2 aromatic rings. The summed E-state index contributed by atoms with van der Waals surface area (Å²) >= 11 is 0. The minimum atomic E-state index is -4.49. The molecule has 0 saturated heterocycles. The Morgan fingerprint density at radius 2 is 1.94 bits per heavy atom. The predicted molar refractivity (Wildman–Crippen MR) is 110 cm³/mol. The number of hydrogen-bond donors (Lipinski definition) is 0. The summed E-state index contributed by atoms with van der Waals surface area (Å²) in [6, 6.07) is 11.1. The van der Waals surface area contributed by atoms with Crippen LogP contribution in [0.2, 0.25) is 0 Å². The van der Waals surface area contributed by atoms with E-state index in [4.69, 9.17) is 19.1 Å². The number of nitrogens with zero attached hydrogens (tertiary/aromatic N) is 2. The molecule has 0 bridgehead atoms. The largest absolute Gasteiger partial charge is 0.470 e. The molecule has 0 saturated carbocycles. The van der Waals surface area contributed by atoms with Crippen molar-refractivity contribution in [2.24, 2.45) is 10.3 Å². The second-order valence-electron chi connectivity index (χ2n) is 6.52. The number of rotatable bonds is 6. The van der Waals surface area contributed by atoms with Gasteiger partial charge < -0.3 is 19.1 Å². The number of oxime groups is 2. The first-order valence-electron chi connectivity index (χ1n) is 9.41. The molecule has 0 unspecified atom stereocenters. The maximum Gasteiger partial charge on any atom is 0.416 e. The van der Waals surface area contributed by atoms with Crippen LogP contribution in [0, 0.1) is 0 Å². The van der Waals surface area contributed by atoms with E-state index in [-0.39, 0.29) is 36.1 Å². The molecular formula is C22H19F3N2O5. The summed E-state index contributed by atoms with van der Waals surface area (Å²) in [5.74, 6) is -0.609. The molecule has 1 heterocycles. The number of ether oxygens (including phenoxy) is 2. The Morgan fingerprint density at radius 3 is 2.62 bits per heavy atom. The number of hydrogen-bond acceptors (Lipinski definition) is 7. The molecule has 168 valence electrons. The Balaban J connectivity index is 1.86. The van der Waals surface area contributed by atoms with Crippen molar-refractivity contribution in [3.05, 3.63) is 71.3 Å². The summed E-state index contributed by atoms with van der Waals surface area (Å²) in [6.07, 6.45) is -3.38. The average Bonchev–Trinajstić information content (AvgIpc) is 2.78. The molecule has 7 nitrogen and oxygen atoms in total. The third-order valence-electron chi connectivity index (χ3n) is 4.28. The summed E-state index contributed by atoms with van der Waals surface area (Å²) in [7, 11) is 1.33. The number of carbonyl (C=O) groups is 1. The van der Waals surface area contributed by atoms with Gasteiger partial charge in [0.05, 0.1) is 11.1 Å². The van der Waals surface area contributed by atoms with Crippen molar-refractivity contribution < 1.29 is 37.1 Å². The highest BCUT2D eigenvalue weighted by molar-refractivity contribution is 6.45. The van der Waals surface area contributed by atoms with Crippen LogP contribution in [0.4, 0.5) is 13.2 Å². The summed E-state index contributed by atoms with van der Waals surface area (Å²) in [5, 5.41) is 7.70. The highest BCUT2D eigenvalue weighted by atomic mass is 19.4. The Bertz CT molecular complexity index is 1080. The molecular weight excluding hydrogens is 429 g/mol. The van der Waals surface area contributed by atoms with Gasteiger partial charge in [-0.25, -0.2) is 4.79 Å². The van der Waals surface area contributed by atoms with Crippen molar-refractivity contribution in [1.29, 1.82) is 0 Å². The number of benzene rings is 2. The van der Waals surface area contributed by atoms with Crippen LogP contribution in [-0.4, -0.2) is 37.9 Å². The van der Waals surface area contributed by atoms with E-state index in [1.54, 1.807) is 18.2 Å².